The Hall–Kier alpha value is -7.22. The maximum atomic E-state index is 5.17. The van der Waals surface area contributed by atoms with Crippen LogP contribution in [0.5, 0.6) is 0 Å². The number of thiophene rings is 1. The van der Waals surface area contributed by atoms with Gasteiger partial charge in [-0.3, -0.25) is 0 Å². The van der Waals surface area contributed by atoms with Gasteiger partial charge in [0.1, 0.15) is 0 Å². The fourth-order valence-corrected chi connectivity index (χ4v) is 7.97. The van der Waals surface area contributed by atoms with Crippen LogP contribution in [0.4, 0.5) is 0 Å². The summed E-state index contributed by atoms with van der Waals surface area (Å²) >= 11 is 1.82. The van der Waals surface area contributed by atoms with Gasteiger partial charge < -0.3 is 0 Å². The molecule has 0 aliphatic heterocycles. The second-order valence-electron chi connectivity index (χ2n) is 13.1. The number of benzene rings is 7. The van der Waals surface area contributed by atoms with Gasteiger partial charge in [0, 0.05) is 53.6 Å². The van der Waals surface area contributed by atoms with Crippen molar-refractivity contribution in [2.75, 3.05) is 0 Å². The average Bonchev–Trinajstić information content (AvgIpc) is 3.65. The molecule has 0 radical (unpaired) electrons. The van der Waals surface area contributed by atoms with E-state index in [1.807, 2.05) is 127 Å². The minimum absolute atomic E-state index is 0.527. The number of hydrogen-bond donors (Lipinski definition) is 0. The first-order valence-electron chi connectivity index (χ1n) is 18.0. The van der Waals surface area contributed by atoms with Gasteiger partial charge in [-0.15, -0.1) is 11.3 Å². The first kappa shape index (κ1) is 32.4. The lowest BCUT2D eigenvalue weighted by Gasteiger charge is -2.13. The second-order valence-corrected chi connectivity index (χ2v) is 14.2. The summed E-state index contributed by atoms with van der Waals surface area (Å²) in [6.07, 6.45) is 0. The summed E-state index contributed by atoms with van der Waals surface area (Å²) in [7, 11) is 0. The number of rotatable bonds is 7. The molecule has 6 nitrogen and oxygen atoms in total. The number of fused-ring (bicyclic) bond motifs is 3. The third-order valence-corrected chi connectivity index (χ3v) is 10.8. The molecule has 0 spiro atoms. The van der Waals surface area contributed by atoms with Gasteiger partial charge in [0.05, 0.1) is 0 Å². The molecular formula is C48H30N6S. The minimum Gasteiger partial charge on any atom is -0.208 e. The summed E-state index contributed by atoms with van der Waals surface area (Å²) < 4.78 is 2.57. The Kier molecular flexibility index (Phi) is 8.24. The molecule has 0 fully saturated rings. The van der Waals surface area contributed by atoms with E-state index >= 15 is 0 Å². The summed E-state index contributed by atoms with van der Waals surface area (Å²) in [6.45, 7) is 0. The van der Waals surface area contributed by atoms with Gasteiger partial charge in [0.25, 0.3) is 0 Å². The third kappa shape index (κ3) is 6.33. The Morgan fingerprint density at radius 2 is 0.655 bits per heavy atom. The average molecular weight is 723 g/mol. The van der Waals surface area contributed by atoms with Crippen LogP contribution in [-0.2, 0) is 0 Å². The fraction of sp³-hybridized carbons (Fsp3) is 0. The maximum absolute atomic E-state index is 5.17. The smallest absolute Gasteiger partial charge is 0.164 e. The van der Waals surface area contributed by atoms with E-state index in [1.54, 1.807) is 0 Å². The van der Waals surface area contributed by atoms with Gasteiger partial charge in [-0.1, -0.05) is 158 Å². The highest BCUT2D eigenvalue weighted by atomic mass is 32.1. The molecule has 0 aliphatic carbocycles. The summed E-state index contributed by atoms with van der Waals surface area (Å²) in [5.74, 6) is 3.39. The van der Waals surface area contributed by atoms with Gasteiger partial charge in [-0.05, 0) is 35.4 Å². The Morgan fingerprint density at radius 3 is 1.22 bits per heavy atom. The molecule has 0 bridgehead atoms. The van der Waals surface area contributed by atoms with Gasteiger partial charge in [-0.25, -0.2) is 29.9 Å². The standard InChI is InChI=1S/C48H30N6S/c1-4-15-31(16-5-1)43-49-44(32-17-6-2-7-18-32)52-47(51-43)38-24-10-11-25-39(38)48-53-45(33-19-8-3-9-20-33)50-46(54-48)36-22-14-21-34(29-36)35-27-28-42-40(30-35)37-23-12-13-26-41(37)55-42/h1-30H. The van der Waals surface area contributed by atoms with Gasteiger partial charge in [-0.2, -0.15) is 0 Å². The van der Waals surface area contributed by atoms with Crippen LogP contribution in [0.3, 0.4) is 0 Å². The zero-order valence-electron chi connectivity index (χ0n) is 29.4. The van der Waals surface area contributed by atoms with Crippen LogP contribution in [0, 0.1) is 0 Å². The van der Waals surface area contributed by atoms with E-state index in [2.05, 4.69) is 66.7 Å². The predicted octanol–water partition coefficient (Wildman–Crippen LogP) is 12.1. The van der Waals surface area contributed by atoms with Crippen molar-refractivity contribution in [3.63, 3.8) is 0 Å². The molecule has 7 aromatic carbocycles. The van der Waals surface area contributed by atoms with E-state index in [9.17, 15) is 0 Å². The number of nitrogens with zero attached hydrogens (tertiary/aromatic N) is 6. The lowest BCUT2D eigenvalue weighted by molar-refractivity contribution is 1.06. The van der Waals surface area contributed by atoms with Crippen LogP contribution in [0.25, 0.3) is 99.6 Å². The first-order chi connectivity index (χ1) is 27.2. The molecule has 0 saturated carbocycles. The van der Waals surface area contributed by atoms with Crippen LogP contribution in [0.2, 0.25) is 0 Å². The van der Waals surface area contributed by atoms with Crippen molar-refractivity contribution in [2.45, 2.75) is 0 Å². The molecule has 0 aliphatic rings. The van der Waals surface area contributed by atoms with E-state index in [1.165, 1.54) is 20.2 Å². The molecule has 7 heteroatoms. The third-order valence-electron chi connectivity index (χ3n) is 9.61. The molecule has 0 unspecified atom stereocenters. The summed E-state index contributed by atoms with van der Waals surface area (Å²) in [4.78, 5) is 30.3. The van der Waals surface area contributed by atoms with Crippen LogP contribution in [-0.4, -0.2) is 29.9 Å². The lowest BCUT2D eigenvalue weighted by atomic mass is 10.0. The Morgan fingerprint density at radius 1 is 0.255 bits per heavy atom. The summed E-state index contributed by atoms with van der Waals surface area (Å²) in [6, 6.07) is 61.8. The van der Waals surface area contributed by atoms with Crippen molar-refractivity contribution < 1.29 is 0 Å². The molecule has 10 rings (SSSR count). The van der Waals surface area contributed by atoms with Crippen molar-refractivity contribution in [3.8, 4) is 79.5 Å². The van der Waals surface area contributed by atoms with Crippen LogP contribution in [0.1, 0.15) is 0 Å². The number of hydrogen-bond acceptors (Lipinski definition) is 7. The van der Waals surface area contributed by atoms with Crippen molar-refractivity contribution in [1.82, 2.24) is 29.9 Å². The normalized spacial score (nSPS) is 11.3. The predicted molar refractivity (Wildman–Crippen MR) is 224 cm³/mol. The van der Waals surface area contributed by atoms with Crippen molar-refractivity contribution in [1.29, 1.82) is 0 Å². The quantitative estimate of drug-likeness (QED) is 0.163. The monoisotopic (exact) mass is 722 g/mol. The molecular weight excluding hydrogens is 693 g/mol. The van der Waals surface area contributed by atoms with Crippen LogP contribution < -0.4 is 0 Å². The molecule has 3 heterocycles. The lowest BCUT2D eigenvalue weighted by Crippen LogP contribution is -2.03. The first-order valence-corrected chi connectivity index (χ1v) is 18.9. The van der Waals surface area contributed by atoms with Crippen LogP contribution >= 0.6 is 11.3 Å². The zero-order valence-corrected chi connectivity index (χ0v) is 30.2. The van der Waals surface area contributed by atoms with E-state index < -0.39 is 0 Å². The van der Waals surface area contributed by atoms with E-state index in [-0.39, 0.29) is 0 Å². The highest BCUT2D eigenvalue weighted by Crippen LogP contribution is 2.38. The second kappa shape index (κ2) is 14.0. The van der Waals surface area contributed by atoms with Crippen molar-refractivity contribution in [2.24, 2.45) is 0 Å². The van der Waals surface area contributed by atoms with Gasteiger partial charge in [0.2, 0.25) is 0 Å². The topological polar surface area (TPSA) is 77.3 Å². The minimum atomic E-state index is 0.527. The van der Waals surface area contributed by atoms with E-state index in [4.69, 9.17) is 29.9 Å². The molecule has 258 valence electrons. The van der Waals surface area contributed by atoms with Gasteiger partial charge in [0.15, 0.2) is 34.9 Å². The maximum Gasteiger partial charge on any atom is 0.164 e. The largest absolute Gasteiger partial charge is 0.208 e. The molecule has 55 heavy (non-hydrogen) atoms. The summed E-state index contributed by atoms with van der Waals surface area (Å²) in [5.41, 5.74) is 7.41. The SMILES string of the molecule is c1ccc(-c2nc(-c3ccccc3)nc(-c3ccccc3-c3nc(-c4ccccc4)nc(-c4cccc(-c5ccc6sc7ccccc7c6c5)c4)n3)n2)cc1. The van der Waals surface area contributed by atoms with E-state index in [0.717, 1.165) is 44.5 Å². The molecule has 0 amide bonds. The Bertz CT molecular complexity index is 2920. The zero-order chi connectivity index (χ0) is 36.6. The molecule has 0 atom stereocenters. The molecule has 0 saturated heterocycles. The van der Waals surface area contributed by atoms with Crippen molar-refractivity contribution >= 4 is 31.5 Å². The molecule has 3 aromatic heterocycles. The summed E-state index contributed by atoms with van der Waals surface area (Å²) in [5, 5.41) is 2.54. The molecule has 10 aromatic rings. The highest BCUT2D eigenvalue weighted by Gasteiger charge is 2.19. The Labute approximate surface area is 321 Å². The highest BCUT2D eigenvalue weighted by molar-refractivity contribution is 7.25. The fourth-order valence-electron chi connectivity index (χ4n) is 6.89. The van der Waals surface area contributed by atoms with Gasteiger partial charge >= 0.3 is 0 Å². The van der Waals surface area contributed by atoms with Crippen molar-refractivity contribution in [3.05, 3.63) is 182 Å². The Balaban J connectivity index is 1.13. The number of aromatic nitrogens is 6. The molecule has 0 N–H and O–H groups in total. The van der Waals surface area contributed by atoms with Crippen LogP contribution in [0.15, 0.2) is 182 Å². The van der Waals surface area contributed by atoms with E-state index in [0.29, 0.717) is 34.9 Å².